The number of methoxy groups -OCH3 is 1. The minimum Gasteiger partial charge on any atom is -0.744 e. The number of fused-ring (bicyclic) bond motifs is 2. The normalized spacial score (nSPS) is 15.7. The molecule has 1 aliphatic heterocycles. The van der Waals surface area contributed by atoms with E-state index in [4.69, 9.17) is 16.3 Å². The van der Waals surface area contributed by atoms with Gasteiger partial charge in [0.1, 0.15) is 26.8 Å². The number of ether oxygens (including phenoxy) is 1. The van der Waals surface area contributed by atoms with Crippen molar-refractivity contribution in [1.29, 1.82) is 0 Å². The number of quaternary nitrogens is 1. The van der Waals surface area contributed by atoms with Crippen molar-refractivity contribution in [2.45, 2.75) is 28.8 Å². The summed E-state index contributed by atoms with van der Waals surface area (Å²) in [6.07, 6.45) is 1.00. The molecule has 214 valence electrons. The van der Waals surface area contributed by atoms with Gasteiger partial charge in [-0.15, -0.1) is 11.3 Å². The second-order valence-electron chi connectivity index (χ2n) is 8.70. The number of benzene rings is 3. The number of halogens is 1. The number of rotatable bonds is 5. The van der Waals surface area contributed by atoms with Crippen molar-refractivity contribution in [3.8, 4) is 0 Å². The van der Waals surface area contributed by atoms with Gasteiger partial charge in [-0.25, -0.2) is 21.6 Å². The molecule has 0 radical (unpaired) electrons. The van der Waals surface area contributed by atoms with Crippen molar-refractivity contribution in [2.24, 2.45) is 0 Å². The first kappa shape index (κ1) is 32.0. The molecule has 1 aromatic heterocycles. The minimum absolute atomic E-state index is 0. The van der Waals surface area contributed by atoms with Crippen LogP contribution >= 0.6 is 36.4 Å². The third-order valence-corrected chi connectivity index (χ3v) is 9.53. The molecule has 0 spiro atoms. The molecule has 2 heterocycles. The molecular formula is C26H25ClNO8S4-. The van der Waals surface area contributed by atoms with E-state index in [1.807, 2.05) is 24.3 Å². The number of carbonyl (C=O) groups excluding carboxylic acids is 1. The van der Waals surface area contributed by atoms with Crippen molar-refractivity contribution in [3.05, 3.63) is 93.1 Å². The highest BCUT2D eigenvalue weighted by Crippen LogP contribution is 2.28. The molecule has 1 N–H and O–H groups in total. The molecule has 1 aliphatic rings. The molecule has 2 atom stereocenters. The van der Waals surface area contributed by atoms with Crippen LogP contribution in [-0.2, 0) is 42.7 Å². The predicted molar refractivity (Wildman–Crippen MR) is 154 cm³/mol. The molecule has 14 heteroatoms. The monoisotopic (exact) mass is 642 g/mol. The SMILES string of the molecule is COC(=O)[C@H](c1ccccc1Cl)[NH+]1CCc2sccc2C1.O=S(=O)([O-])c1cccc2c(S(=O)(=O)[O-])cccc12.S. The maximum absolute atomic E-state index is 12.3. The highest BCUT2D eigenvalue weighted by molar-refractivity contribution is 7.86. The van der Waals surface area contributed by atoms with Gasteiger partial charge in [-0.05, 0) is 29.6 Å². The maximum atomic E-state index is 12.3. The lowest BCUT2D eigenvalue weighted by Crippen LogP contribution is -3.13. The van der Waals surface area contributed by atoms with Crippen LogP contribution in [0.1, 0.15) is 22.0 Å². The predicted octanol–water partition coefficient (Wildman–Crippen LogP) is 3.02. The summed E-state index contributed by atoms with van der Waals surface area (Å²) in [5, 5.41) is 2.58. The third-order valence-electron chi connectivity index (χ3n) is 6.37. The molecule has 0 saturated heterocycles. The summed E-state index contributed by atoms with van der Waals surface area (Å²) < 4.78 is 71.2. The first-order chi connectivity index (χ1) is 18.4. The Balaban J connectivity index is 0.000000218. The van der Waals surface area contributed by atoms with E-state index in [0.717, 1.165) is 37.2 Å². The fourth-order valence-electron chi connectivity index (χ4n) is 4.63. The summed E-state index contributed by atoms with van der Waals surface area (Å²) in [7, 11) is -8.04. The van der Waals surface area contributed by atoms with Gasteiger partial charge in [-0.1, -0.05) is 54.1 Å². The standard InChI is InChI=1S/C16H16ClNO2S.C10H8O6S2.H2S/c1-20-16(19)15(12-4-2-3-5-13(12)17)18-8-6-14-11(10-18)7-9-21-14;11-17(12,13)9-5-1-3-7-8(9)4-2-6-10(7)18(14,15)16;/h2-5,7,9,15H,6,8,10H2,1H3;1-6H,(H,11,12,13)(H,14,15,16);1H2/p-1/t15-;;/m0../s1. The van der Waals surface area contributed by atoms with Crippen molar-refractivity contribution >= 4 is 73.4 Å². The van der Waals surface area contributed by atoms with Crippen LogP contribution in [-0.4, -0.2) is 45.6 Å². The van der Waals surface area contributed by atoms with Gasteiger partial charge in [0.25, 0.3) is 0 Å². The Morgan fingerprint density at radius 2 is 1.50 bits per heavy atom. The molecule has 0 aliphatic carbocycles. The van der Waals surface area contributed by atoms with Crippen molar-refractivity contribution in [1.82, 2.24) is 0 Å². The number of esters is 1. The van der Waals surface area contributed by atoms with Crippen molar-refractivity contribution in [3.63, 3.8) is 0 Å². The van der Waals surface area contributed by atoms with Crippen LogP contribution in [0, 0.1) is 0 Å². The summed E-state index contributed by atoms with van der Waals surface area (Å²) in [5.41, 5.74) is 2.18. The zero-order chi connectivity index (χ0) is 28.4. The van der Waals surface area contributed by atoms with E-state index < -0.39 is 30.0 Å². The Morgan fingerprint density at radius 3 is 2.02 bits per heavy atom. The summed E-state index contributed by atoms with van der Waals surface area (Å²) in [5.74, 6) is -0.225. The number of thiophene rings is 1. The molecule has 4 aromatic rings. The number of nitrogens with one attached hydrogen (secondary N) is 1. The lowest BCUT2D eigenvalue weighted by Gasteiger charge is -2.30. The van der Waals surface area contributed by atoms with E-state index >= 15 is 0 Å². The molecule has 40 heavy (non-hydrogen) atoms. The topological polar surface area (TPSA) is 145 Å². The quantitative estimate of drug-likeness (QED) is 0.258. The fourth-order valence-corrected chi connectivity index (χ4v) is 7.16. The van der Waals surface area contributed by atoms with E-state index in [1.54, 1.807) is 11.3 Å². The lowest BCUT2D eigenvalue weighted by atomic mass is 10.0. The van der Waals surface area contributed by atoms with Gasteiger partial charge in [0.2, 0.25) is 6.04 Å². The Bertz CT molecular complexity index is 1670. The van der Waals surface area contributed by atoms with Gasteiger partial charge in [0.15, 0.2) is 0 Å². The van der Waals surface area contributed by atoms with Crippen LogP contribution in [0.25, 0.3) is 10.8 Å². The highest BCUT2D eigenvalue weighted by Gasteiger charge is 2.36. The average Bonchev–Trinajstić information content (AvgIpc) is 3.36. The average molecular weight is 643 g/mol. The Labute approximate surface area is 248 Å². The summed E-state index contributed by atoms with van der Waals surface area (Å²) >= 11 is 8.10. The molecule has 1 unspecified atom stereocenters. The van der Waals surface area contributed by atoms with Gasteiger partial charge in [0, 0.05) is 33.2 Å². The Kier molecular flexibility index (Phi) is 10.4. The van der Waals surface area contributed by atoms with Crippen LogP contribution in [0.4, 0.5) is 0 Å². The van der Waals surface area contributed by atoms with Gasteiger partial charge in [-0.2, -0.15) is 13.5 Å². The summed E-state index contributed by atoms with van der Waals surface area (Å²) in [6.45, 7) is 1.75. The fraction of sp³-hybridized carbons (Fsp3) is 0.192. The molecule has 9 nitrogen and oxygen atoms in total. The van der Waals surface area contributed by atoms with Crippen LogP contribution in [0.15, 0.2) is 81.9 Å². The maximum Gasteiger partial charge on any atom is 0.369 e. The zero-order valence-corrected chi connectivity index (χ0v) is 25.2. The van der Waals surface area contributed by atoms with E-state index in [9.17, 15) is 30.7 Å². The van der Waals surface area contributed by atoms with Crippen LogP contribution < -0.4 is 4.90 Å². The number of hydrogen-bond acceptors (Lipinski definition) is 9. The van der Waals surface area contributed by atoms with E-state index in [1.165, 1.54) is 46.7 Å². The van der Waals surface area contributed by atoms with E-state index in [0.29, 0.717) is 5.02 Å². The largest absolute Gasteiger partial charge is 0.744 e. The van der Waals surface area contributed by atoms with E-state index in [2.05, 4.69) is 11.4 Å². The molecular weight excluding hydrogens is 618 g/mol. The highest BCUT2D eigenvalue weighted by atomic mass is 35.5. The van der Waals surface area contributed by atoms with Crippen molar-refractivity contribution < 1.29 is 40.4 Å². The summed E-state index contributed by atoms with van der Waals surface area (Å²) in [4.78, 5) is 13.8. The Hall–Kier alpha value is -2.49. The molecule has 3 aromatic carbocycles. The zero-order valence-electron chi connectivity index (χ0n) is 21.0. The smallest absolute Gasteiger partial charge is 0.369 e. The van der Waals surface area contributed by atoms with E-state index in [-0.39, 0.29) is 36.3 Å². The summed E-state index contributed by atoms with van der Waals surface area (Å²) in [6, 6.07) is 16.4. The molecule has 0 amide bonds. The minimum atomic E-state index is -4.74. The molecule has 0 fully saturated rings. The van der Waals surface area contributed by atoms with Crippen LogP contribution in [0.5, 0.6) is 0 Å². The molecule has 5 rings (SSSR count). The van der Waals surface area contributed by atoms with Gasteiger partial charge >= 0.3 is 5.97 Å². The Morgan fingerprint density at radius 1 is 0.925 bits per heavy atom. The first-order valence-electron chi connectivity index (χ1n) is 11.6. The third kappa shape index (κ3) is 7.04. The number of carbonyl (C=O) groups is 1. The van der Waals surface area contributed by atoms with Crippen molar-refractivity contribution in [2.75, 3.05) is 13.7 Å². The van der Waals surface area contributed by atoms with Crippen LogP contribution in [0.2, 0.25) is 5.02 Å². The number of hydrogen-bond donors (Lipinski definition) is 1. The van der Waals surface area contributed by atoms with Gasteiger partial charge < -0.3 is 18.7 Å². The molecule has 0 saturated carbocycles. The lowest BCUT2D eigenvalue weighted by molar-refractivity contribution is -0.938. The van der Waals surface area contributed by atoms with Gasteiger partial charge in [-0.3, -0.25) is 0 Å². The first-order valence-corrected chi connectivity index (χ1v) is 15.6. The van der Waals surface area contributed by atoms with Gasteiger partial charge in [0.05, 0.1) is 28.5 Å². The second kappa shape index (κ2) is 13.0. The molecule has 0 bridgehead atoms. The second-order valence-corrected chi connectivity index (χ2v) is 12.8. The van der Waals surface area contributed by atoms with Crippen LogP contribution in [0.3, 0.4) is 0 Å².